The van der Waals surface area contributed by atoms with Crippen LogP contribution in [0.4, 0.5) is 0 Å². The van der Waals surface area contributed by atoms with Gasteiger partial charge in [-0.2, -0.15) is 0 Å². The van der Waals surface area contributed by atoms with Crippen LogP contribution in [0.5, 0.6) is 0 Å². The topological polar surface area (TPSA) is 9.86 Å². The molecule has 0 bridgehead atoms. The summed E-state index contributed by atoms with van der Waals surface area (Å²) in [7, 11) is 0. The van der Waals surface area contributed by atoms with Crippen LogP contribution in [-0.2, 0) is 6.42 Å². The Hall–Kier alpha value is -7.42. The fourth-order valence-electron chi connectivity index (χ4n) is 9.72. The Labute approximate surface area is 331 Å². The van der Waals surface area contributed by atoms with Crippen molar-refractivity contribution in [3.63, 3.8) is 0 Å². The first-order chi connectivity index (χ1) is 28.3. The van der Waals surface area contributed by atoms with Crippen molar-refractivity contribution in [3.05, 3.63) is 217 Å². The molecule has 12 rings (SSSR count). The molecule has 0 aliphatic heterocycles. The summed E-state index contributed by atoms with van der Waals surface area (Å²) in [5.41, 5.74) is 20.2. The van der Waals surface area contributed by atoms with Gasteiger partial charge in [0.05, 0.1) is 22.1 Å². The molecular formula is C55H36N2. The molecule has 0 saturated carbocycles. The van der Waals surface area contributed by atoms with Crippen LogP contribution in [0.2, 0.25) is 0 Å². The lowest BCUT2D eigenvalue weighted by Gasteiger charge is -2.13. The smallest absolute Gasteiger partial charge is 0.0548 e. The minimum absolute atomic E-state index is 0.892. The molecule has 0 fully saturated rings. The van der Waals surface area contributed by atoms with Gasteiger partial charge in [-0.15, -0.1) is 0 Å². The number of benzene rings is 9. The van der Waals surface area contributed by atoms with Gasteiger partial charge < -0.3 is 9.13 Å². The summed E-state index contributed by atoms with van der Waals surface area (Å²) in [4.78, 5) is 0. The lowest BCUT2D eigenvalue weighted by Crippen LogP contribution is -1.96. The molecule has 0 radical (unpaired) electrons. The molecule has 57 heavy (non-hydrogen) atoms. The van der Waals surface area contributed by atoms with Crippen molar-refractivity contribution in [2.24, 2.45) is 0 Å². The van der Waals surface area contributed by atoms with Crippen molar-refractivity contribution in [1.82, 2.24) is 9.13 Å². The Morgan fingerprint density at radius 1 is 0.281 bits per heavy atom. The first-order valence-electron chi connectivity index (χ1n) is 19.8. The van der Waals surface area contributed by atoms with Crippen LogP contribution in [-0.4, -0.2) is 9.13 Å². The zero-order chi connectivity index (χ0) is 37.5. The van der Waals surface area contributed by atoms with E-state index in [0.29, 0.717) is 0 Å². The third-order valence-corrected chi connectivity index (χ3v) is 12.2. The summed E-state index contributed by atoms with van der Waals surface area (Å²) in [5.74, 6) is 0. The number of fused-ring (bicyclic) bond motifs is 10. The standard InChI is InChI=1S/C55H36N2/c1-4-16-36(17-5-1)39-33-46(37-18-6-2-7-19-37)49-35-48-42(26-15-27-43(48)47(49)34-39)38-20-14-23-41(32-38)57-51-29-13-11-25-45(51)55-53(57)31-30-52-54(55)44-24-10-12-28-50(44)56(52)40-21-8-3-9-22-40/h1-34H,35H2. The van der Waals surface area contributed by atoms with Gasteiger partial charge in [0.15, 0.2) is 0 Å². The Kier molecular flexibility index (Phi) is 7.02. The van der Waals surface area contributed by atoms with E-state index in [1.165, 1.54) is 105 Å². The SMILES string of the molecule is c1ccc(-c2cc(-c3ccccc3)c3c(c2)-c2cccc(-c4cccc(-n5c6ccccc6c6c7c8ccccc8n(-c8ccccc8)c7ccc65)c4)c2C3)cc1. The van der Waals surface area contributed by atoms with E-state index in [1.807, 2.05) is 0 Å². The van der Waals surface area contributed by atoms with E-state index in [1.54, 1.807) is 0 Å². The van der Waals surface area contributed by atoms with Gasteiger partial charge in [0.25, 0.3) is 0 Å². The van der Waals surface area contributed by atoms with Crippen molar-refractivity contribution in [2.45, 2.75) is 6.42 Å². The number of hydrogen-bond donors (Lipinski definition) is 0. The number of rotatable bonds is 5. The molecule has 1 aliphatic rings. The van der Waals surface area contributed by atoms with Gasteiger partial charge in [0.2, 0.25) is 0 Å². The van der Waals surface area contributed by atoms with Crippen LogP contribution in [0.3, 0.4) is 0 Å². The monoisotopic (exact) mass is 724 g/mol. The molecule has 2 heteroatoms. The van der Waals surface area contributed by atoms with Gasteiger partial charge in [-0.05, 0) is 123 Å². The molecule has 0 atom stereocenters. The van der Waals surface area contributed by atoms with Crippen molar-refractivity contribution in [2.75, 3.05) is 0 Å². The van der Waals surface area contributed by atoms with E-state index >= 15 is 0 Å². The highest BCUT2D eigenvalue weighted by molar-refractivity contribution is 6.29. The maximum Gasteiger partial charge on any atom is 0.0548 e. The molecule has 11 aromatic rings. The van der Waals surface area contributed by atoms with Gasteiger partial charge in [-0.1, -0.05) is 146 Å². The summed E-state index contributed by atoms with van der Waals surface area (Å²) in [6.45, 7) is 0. The highest BCUT2D eigenvalue weighted by Crippen LogP contribution is 2.48. The van der Waals surface area contributed by atoms with E-state index < -0.39 is 0 Å². The molecule has 0 N–H and O–H groups in total. The van der Waals surface area contributed by atoms with Gasteiger partial charge in [0.1, 0.15) is 0 Å². The molecule has 266 valence electrons. The van der Waals surface area contributed by atoms with Gasteiger partial charge >= 0.3 is 0 Å². The van der Waals surface area contributed by atoms with E-state index in [2.05, 4.69) is 215 Å². The number of nitrogens with zero attached hydrogens (tertiary/aromatic N) is 2. The summed E-state index contributed by atoms with van der Waals surface area (Å²) in [6.07, 6.45) is 0.892. The van der Waals surface area contributed by atoms with E-state index in [4.69, 9.17) is 0 Å². The van der Waals surface area contributed by atoms with Gasteiger partial charge in [-0.25, -0.2) is 0 Å². The second-order valence-corrected chi connectivity index (χ2v) is 15.2. The molecule has 0 unspecified atom stereocenters. The van der Waals surface area contributed by atoms with Crippen molar-refractivity contribution in [1.29, 1.82) is 0 Å². The summed E-state index contributed by atoms with van der Waals surface area (Å²) in [5, 5.41) is 5.11. The molecule has 0 amide bonds. The van der Waals surface area contributed by atoms with Crippen LogP contribution < -0.4 is 0 Å². The first kappa shape index (κ1) is 31.9. The third-order valence-electron chi connectivity index (χ3n) is 12.2. The zero-order valence-electron chi connectivity index (χ0n) is 31.2. The molecule has 1 aliphatic carbocycles. The predicted octanol–water partition coefficient (Wildman–Crippen LogP) is 14.5. The van der Waals surface area contributed by atoms with E-state index in [0.717, 1.165) is 12.1 Å². The second-order valence-electron chi connectivity index (χ2n) is 15.2. The molecule has 0 saturated heterocycles. The second kappa shape index (κ2) is 12.6. The molecule has 2 heterocycles. The van der Waals surface area contributed by atoms with Crippen LogP contribution in [0, 0.1) is 0 Å². The fourth-order valence-corrected chi connectivity index (χ4v) is 9.72. The van der Waals surface area contributed by atoms with Gasteiger partial charge in [-0.3, -0.25) is 0 Å². The Morgan fingerprint density at radius 2 is 0.772 bits per heavy atom. The predicted molar refractivity (Wildman–Crippen MR) is 240 cm³/mol. The summed E-state index contributed by atoms with van der Waals surface area (Å²) in [6, 6.07) is 75.7. The van der Waals surface area contributed by atoms with Crippen LogP contribution in [0.15, 0.2) is 206 Å². The average Bonchev–Trinajstić information content (AvgIpc) is 3.95. The highest BCUT2D eigenvalue weighted by Gasteiger charge is 2.26. The van der Waals surface area contributed by atoms with Crippen molar-refractivity contribution < 1.29 is 0 Å². The van der Waals surface area contributed by atoms with Crippen LogP contribution >= 0.6 is 0 Å². The van der Waals surface area contributed by atoms with Gasteiger partial charge in [0, 0.05) is 32.9 Å². The molecule has 9 aromatic carbocycles. The maximum absolute atomic E-state index is 2.47. The van der Waals surface area contributed by atoms with Crippen LogP contribution in [0.25, 0.3) is 99.5 Å². The normalized spacial score (nSPS) is 12.1. The lowest BCUT2D eigenvalue weighted by molar-refractivity contribution is 1.17. The number of aromatic nitrogens is 2. The fraction of sp³-hybridized carbons (Fsp3) is 0.0182. The summed E-state index contributed by atoms with van der Waals surface area (Å²) >= 11 is 0. The van der Waals surface area contributed by atoms with Crippen LogP contribution in [0.1, 0.15) is 11.1 Å². The van der Waals surface area contributed by atoms with E-state index in [-0.39, 0.29) is 0 Å². The number of para-hydroxylation sites is 3. The lowest BCUT2D eigenvalue weighted by atomic mass is 9.91. The molecular weight excluding hydrogens is 689 g/mol. The summed E-state index contributed by atoms with van der Waals surface area (Å²) < 4.78 is 4.89. The first-order valence-corrected chi connectivity index (χ1v) is 19.8. The molecule has 0 spiro atoms. The van der Waals surface area contributed by atoms with Crippen molar-refractivity contribution in [3.8, 4) is 55.9 Å². The van der Waals surface area contributed by atoms with E-state index in [9.17, 15) is 0 Å². The Morgan fingerprint density at radius 3 is 1.46 bits per heavy atom. The highest BCUT2D eigenvalue weighted by atomic mass is 15.0. The Bertz CT molecular complexity index is 3350. The zero-order valence-corrected chi connectivity index (χ0v) is 31.2. The van der Waals surface area contributed by atoms with Crippen molar-refractivity contribution >= 4 is 43.6 Å². The molecule has 2 nitrogen and oxygen atoms in total. The average molecular weight is 725 g/mol. The minimum atomic E-state index is 0.892. The largest absolute Gasteiger partial charge is 0.309 e. The molecule has 2 aromatic heterocycles. The third kappa shape index (κ3) is 4.84. The minimum Gasteiger partial charge on any atom is -0.309 e. The quantitative estimate of drug-likeness (QED) is 0.167. The maximum atomic E-state index is 2.47. The number of hydrogen-bond acceptors (Lipinski definition) is 0. The Balaban J connectivity index is 1.05.